The third kappa shape index (κ3) is 1.89. The highest BCUT2D eigenvalue weighted by atomic mass is 15.0. The second-order valence-electron chi connectivity index (χ2n) is 6.60. The molecule has 4 heteroatoms. The zero-order chi connectivity index (χ0) is 17.8. The Bertz CT molecular complexity index is 1470. The van der Waals surface area contributed by atoms with Crippen LogP contribution in [0.5, 0.6) is 0 Å². The maximum absolute atomic E-state index is 4.47. The van der Waals surface area contributed by atoms with Crippen LogP contribution >= 0.6 is 0 Å². The molecule has 3 heterocycles. The van der Waals surface area contributed by atoms with Gasteiger partial charge in [0, 0.05) is 16.2 Å². The van der Waals surface area contributed by atoms with Crippen LogP contribution in [0.1, 0.15) is 0 Å². The molecular weight excluding hydrogens is 332 g/mol. The average molecular weight is 346 g/mol. The van der Waals surface area contributed by atoms with Crippen molar-refractivity contribution in [3.05, 3.63) is 85.5 Å². The van der Waals surface area contributed by atoms with E-state index in [-0.39, 0.29) is 0 Å². The Hall–Kier alpha value is -3.79. The predicted molar refractivity (Wildman–Crippen MR) is 109 cm³/mol. The van der Waals surface area contributed by atoms with Crippen molar-refractivity contribution in [3.8, 4) is 11.4 Å². The Morgan fingerprint density at radius 3 is 1.85 bits per heavy atom. The third-order valence-electron chi connectivity index (χ3n) is 5.21. The summed E-state index contributed by atoms with van der Waals surface area (Å²) < 4.78 is 2.34. The van der Waals surface area contributed by atoms with Crippen LogP contribution in [0.3, 0.4) is 0 Å². The van der Waals surface area contributed by atoms with Crippen LogP contribution in [0.4, 0.5) is 0 Å². The van der Waals surface area contributed by atoms with E-state index in [2.05, 4.69) is 92.1 Å². The highest BCUT2D eigenvalue weighted by Gasteiger charge is 2.20. The van der Waals surface area contributed by atoms with Crippen molar-refractivity contribution in [1.29, 1.82) is 0 Å². The minimum atomic E-state index is 0.698. The molecule has 0 saturated heterocycles. The molecule has 0 aliphatic carbocycles. The van der Waals surface area contributed by atoms with Crippen molar-refractivity contribution >= 4 is 38.1 Å². The molecule has 6 rings (SSSR count). The lowest BCUT2D eigenvalue weighted by atomic mass is 10.0. The summed E-state index contributed by atoms with van der Waals surface area (Å²) in [5.41, 5.74) is 4.53. The van der Waals surface area contributed by atoms with E-state index in [4.69, 9.17) is 0 Å². The molecule has 0 fully saturated rings. The van der Waals surface area contributed by atoms with Gasteiger partial charge in [0.1, 0.15) is 12.7 Å². The molecule has 0 atom stereocenters. The molecule has 0 unspecified atom stereocenters. The number of para-hydroxylation sites is 2. The van der Waals surface area contributed by atoms with E-state index in [1.807, 2.05) is 0 Å². The molecule has 126 valence electrons. The predicted octanol–water partition coefficient (Wildman–Crippen LogP) is 5.25. The number of nitrogens with zero attached hydrogens (tertiary/aromatic N) is 4. The standard InChI is InChI=1S/C23H14N4/c1-2-9-17-15(7-1)16-8-3-5-11-19(16)27-20-12-6-4-10-18(20)21(22(17)27)23-25-13-24-14-26-23/h1-14H. The number of benzene rings is 3. The second kappa shape index (κ2) is 5.35. The maximum atomic E-state index is 4.47. The summed E-state index contributed by atoms with van der Waals surface area (Å²) in [6.45, 7) is 0. The molecule has 0 bridgehead atoms. The van der Waals surface area contributed by atoms with Crippen molar-refractivity contribution < 1.29 is 0 Å². The smallest absolute Gasteiger partial charge is 0.165 e. The molecule has 0 N–H and O–H groups in total. The number of aromatic nitrogens is 4. The number of pyridine rings is 1. The monoisotopic (exact) mass is 346 g/mol. The van der Waals surface area contributed by atoms with Gasteiger partial charge in [0.2, 0.25) is 0 Å². The normalized spacial score (nSPS) is 11.7. The quantitative estimate of drug-likeness (QED) is 0.382. The van der Waals surface area contributed by atoms with E-state index in [0.29, 0.717) is 5.82 Å². The minimum absolute atomic E-state index is 0.698. The number of hydrogen-bond donors (Lipinski definition) is 0. The summed E-state index contributed by atoms with van der Waals surface area (Å²) in [5, 5.41) is 4.82. The Morgan fingerprint density at radius 2 is 1.11 bits per heavy atom. The largest absolute Gasteiger partial charge is 0.308 e. The van der Waals surface area contributed by atoms with Gasteiger partial charge >= 0.3 is 0 Å². The SMILES string of the molecule is c1ccc2c(c1)c(-c1ncncn1)c1c3ccccc3c3ccccc3n21. The van der Waals surface area contributed by atoms with Crippen molar-refractivity contribution in [2.45, 2.75) is 0 Å². The van der Waals surface area contributed by atoms with Gasteiger partial charge in [0.15, 0.2) is 5.82 Å². The first-order valence-electron chi connectivity index (χ1n) is 8.88. The molecule has 0 radical (unpaired) electrons. The molecule has 0 aliphatic heterocycles. The first kappa shape index (κ1) is 14.4. The summed E-state index contributed by atoms with van der Waals surface area (Å²) in [7, 11) is 0. The van der Waals surface area contributed by atoms with Gasteiger partial charge in [-0.05, 0) is 17.5 Å². The zero-order valence-electron chi connectivity index (χ0n) is 14.4. The number of rotatable bonds is 1. The lowest BCUT2D eigenvalue weighted by Gasteiger charge is -2.10. The Labute approximate surface area is 154 Å². The fourth-order valence-electron chi connectivity index (χ4n) is 4.16. The van der Waals surface area contributed by atoms with Crippen molar-refractivity contribution in [2.75, 3.05) is 0 Å². The lowest BCUT2D eigenvalue weighted by Crippen LogP contribution is -1.93. The Kier molecular flexibility index (Phi) is 2.85. The highest BCUT2D eigenvalue weighted by Crippen LogP contribution is 2.40. The summed E-state index contributed by atoms with van der Waals surface area (Å²) in [6, 6.07) is 25.6. The Balaban J connectivity index is 2.02. The molecule has 0 aliphatic rings. The van der Waals surface area contributed by atoms with Gasteiger partial charge in [-0.25, -0.2) is 15.0 Å². The summed E-state index contributed by atoms with van der Waals surface area (Å²) in [4.78, 5) is 12.9. The van der Waals surface area contributed by atoms with Gasteiger partial charge in [0.25, 0.3) is 0 Å². The molecule has 4 nitrogen and oxygen atoms in total. The zero-order valence-corrected chi connectivity index (χ0v) is 14.4. The van der Waals surface area contributed by atoms with Crippen LogP contribution in [0, 0.1) is 0 Å². The van der Waals surface area contributed by atoms with E-state index in [1.54, 1.807) is 12.7 Å². The highest BCUT2D eigenvalue weighted by molar-refractivity contribution is 6.21. The number of fused-ring (bicyclic) bond motifs is 8. The van der Waals surface area contributed by atoms with Gasteiger partial charge in [-0.1, -0.05) is 60.7 Å². The summed E-state index contributed by atoms with van der Waals surface area (Å²) in [5.74, 6) is 0.698. The van der Waals surface area contributed by atoms with Crippen LogP contribution in [0.25, 0.3) is 49.5 Å². The summed E-state index contributed by atoms with van der Waals surface area (Å²) in [6.07, 6.45) is 3.12. The first-order valence-corrected chi connectivity index (χ1v) is 8.88. The van der Waals surface area contributed by atoms with Gasteiger partial charge in [-0.15, -0.1) is 0 Å². The van der Waals surface area contributed by atoms with Crippen LogP contribution in [-0.2, 0) is 0 Å². The van der Waals surface area contributed by atoms with Crippen molar-refractivity contribution in [3.63, 3.8) is 0 Å². The van der Waals surface area contributed by atoms with Crippen LogP contribution in [0.15, 0.2) is 85.5 Å². The maximum Gasteiger partial charge on any atom is 0.165 e. The van der Waals surface area contributed by atoms with Crippen LogP contribution in [-0.4, -0.2) is 19.4 Å². The first-order chi connectivity index (χ1) is 13.4. The molecule has 0 saturated carbocycles. The van der Waals surface area contributed by atoms with E-state index in [1.165, 1.54) is 21.7 Å². The molecule has 6 aromatic rings. The van der Waals surface area contributed by atoms with Crippen molar-refractivity contribution in [2.24, 2.45) is 0 Å². The Morgan fingerprint density at radius 1 is 0.556 bits per heavy atom. The van der Waals surface area contributed by atoms with E-state index >= 15 is 0 Å². The van der Waals surface area contributed by atoms with E-state index < -0.39 is 0 Å². The van der Waals surface area contributed by atoms with E-state index in [0.717, 1.165) is 22.0 Å². The molecule has 27 heavy (non-hydrogen) atoms. The molecule has 3 aromatic carbocycles. The molecular formula is C23H14N4. The number of hydrogen-bond acceptors (Lipinski definition) is 3. The second-order valence-corrected chi connectivity index (χ2v) is 6.60. The molecule has 0 amide bonds. The average Bonchev–Trinajstić information content (AvgIpc) is 3.10. The van der Waals surface area contributed by atoms with Crippen LogP contribution < -0.4 is 0 Å². The van der Waals surface area contributed by atoms with Gasteiger partial charge in [-0.2, -0.15) is 0 Å². The third-order valence-corrected chi connectivity index (χ3v) is 5.21. The van der Waals surface area contributed by atoms with Crippen molar-refractivity contribution in [1.82, 2.24) is 19.4 Å². The van der Waals surface area contributed by atoms with E-state index in [9.17, 15) is 0 Å². The van der Waals surface area contributed by atoms with Crippen LogP contribution in [0.2, 0.25) is 0 Å². The fraction of sp³-hybridized carbons (Fsp3) is 0. The van der Waals surface area contributed by atoms with Gasteiger partial charge < -0.3 is 4.40 Å². The molecule has 3 aromatic heterocycles. The topological polar surface area (TPSA) is 43.1 Å². The summed E-state index contributed by atoms with van der Waals surface area (Å²) >= 11 is 0. The van der Waals surface area contributed by atoms with Gasteiger partial charge in [0.05, 0.1) is 22.1 Å². The minimum Gasteiger partial charge on any atom is -0.308 e. The van der Waals surface area contributed by atoms with Gasteiger partial charge in [-0.3, -0.25) is 0 Å². The molecule has 0 spiro atoms. The lowest BCUT2D eigenvalue weighted by molar-refractivity contribution is 1.06. The fourth-order valence-corrected chi connectivity index (χ4v) is 4.16.